The van der Waals surface area contributed by atoms with Crippen molar-refractivity contribution in [2.75, 3.05) is 4.90 Å². The molecular weight excluding hydrogens is 232 g/mol. The van der Waals surface area contributed by atoms with Gasteiger partial charge in [0.2, 0.25) is 17.7 Å². The van der Waals surface area contributed by atoms with Gasteiger partial charge in [-0.05, 0) is 18.1 Å². The van der Waals surface area contributed by atoms with Gasteiger partial charge in [0.05, 0.1) is 6.42 Å². The lowest BCUT2D eigenvalue weighted by Crippen LogP contribution is -2.53. The molecule has 0 spiro atoms. The van der Waals surface area contributed by atoms with E-state index in [-0.39, 0.29) is 24.1 Å². The standard InChI is InChI=1S/C13H12N2O3/c16-11-6-5-10(13(18)14-11)15-9-4-2-1-3-8(9)7-12(15)17/h1-4,10H,5-7H2,(H,14,16,18). The largest absolute Gasteiger partial charge is 0.299 e. The quantitative estimate of drug-likeness (QED) is 0.726. The van der Waals surface area contributed by atoms with E-state index in [1.807, 2.05) is 24.3 Å². The number of benzene rings is 1. The summed E-state index contributed by atoms with van der Waals surface area (Å²) < 4.78 is 0. The van der Waals surface area contributed by atoms with E-state index < -0.39 is 6.04 Å². The molecule has 18 heavy (non-hydrogen) atoms. The number of piperidine rings is 1. The van der Waals surface area contributed by atoms with E-state index in [4.69, 9.17) is 0 Å². The number of nitrogens with zero attached hydrogens (tertiary/aromatic N) is 1. The van der Waals surface area contributed by atoms with Crippen molar-refractivity contribution in [3.05, 3.63) is 29.8 Å². The van der Waals surface area contributed by atoms with Gasteiger partial charge in [-0.2, -0.15) is 0 Å². The van der Waals surface area contributed by atoms with Crippen molar-refractivity contribution < 1.29 is 14.4 Å². The Bertz CT molecular complexity index is 553. The molecule has 5 heteroatoms. The molecule has 3 rings (SSSR count). The molecule has 0 radical (unpaired) electrons. The van der Waals surface area contributed by atoms with Gasteiger partial charge in [-0.15, -0.1) is 0 Å². The van der Waals surface area contributed by atoms with Gasteiger partial charge in [0.15, 0.2) is 0 Å². The highest BCUT2D eigenvalue weighted by molar-refractivity contribution is 6.10. The summed E-state index contributed by atoms with van der Waals surface area (Å²) in [6, 6.07) is 6.89. The van der Waals surface area contributed by atoms with E-state index in [1.54, 1.807) is 0 Å². The topological polar surface area (TPSA) is 66.5 Å². The van der Waals surface area contributed by atoms with Crippen LogP contribution in [0.2, 0.25) is 0 Å². The Balaban J connectivity index is 1.95. The predicted octanol–water partition coefficient (Wildman–Crippen LogP) is 0.381. The van der Waals surface area contributed by atoms with Crippen molar-refractivity contribution >= 4 is 23.4 Å². The molecule has 5 nitrogen and oxygen atoms in total. The molecule has 0 saturated carbocycles. The van der Waals surface area contributed by atoms with Crippen LogP contribution in [0.1, 0.15) is 18.4 Å². The number of rotatable bonds is 1. The SMILES string of the molecule is O=C1CCC(N2C(=O)Cc3ccccc32)C(=O)N1. The lowest BCUT2D eigenvalue weighted by Gasteiger charge is -2.30. The average molecular weight is 244 g/mol. The Hall–Kier alpha value is -2.17. The van der Waals surface area contributed by atoms with Gasteiger partial charge in [-0.1, -0.05) is 18.2 Å². The molecule has 1 aromatic rings. The maximum Gasteiger partial charge on any atom is 0.249 e. The third kappa shape index (κ3) is 1.59. The van der Waals surface area contributed by atoms with Crippen molar-refractivity contribution in [2.45, 2.75) is 25.3 Å². The molecule has 0 bridgehead atoms. The lowest BCUT2D eigenvalue weighted by molar-refractivity contribution is -0.135. The number of hydrogen-bond acceptors (Lipinski definition) is 3. The van der Waals surface area contributed by atoms with E-state index in [0.717, 1.165) is 11.3 Å². The Morgan fingerprint density at radius 3 is 2.72 bits per heavy atom. The number of carbonyl (C=O) groups excluding carboxylic acids is 3. The summed E-state index contributed by atoms with van der Waals surface area (Å²) >= 11 is 0. The first-order chi connectivity index (χ1) is 8.66. The molecule has 0 aromatic heterocycles. The van der Waals surface area contributed by atoms with Crippen LogP contribution < -0.4 is 10.2 Å². The first-order valence-corrected chi connectivity index (χ1v) is 5.90. The predicted molar refractivity (Wildman–Crippen MR) is 63.8 cm³/mol. The van der Waals surface area contributed by atoms with Crippen LogP contribution in [0.15, 0.2) is 24.3 Å². The zero-order valence-corrected chi connectivity index (χ0v) is 9.68. The summed E-state index contributed by atoms with van der Waals surface area (Å²) in [6.45, 7) is 0. The monoisotopic (exact) mass is 244 g/mol. The minimum Gasteiger partial charge on any atom is -0.299 e. The Morgan fingerprint density at radius 1 is 1.17 bits per heavy atom. The lowest BCUT2D eigenvalue weighted by atomic mass is 10.0. The maximum absolute atomic E-state index is 12.0. The first-order valence-electron chi connectivity index (χ1n) is 5.90. The summed E-state index contributed by atoms with van der Waals surface area (Å²) in [4.78, 5) is 36.5. The molecule has 0 aliphatic carbocycles. The average Bonchev–Trinajstić information content (AvgIpc) is 2.66. The van der Waals surface area contributed by atoms with E-state index in [1.165, 1.54) is 4.90 Å². The maximum atomic E-state index is 12.0. The molecule has 1 unspecified atom stereocenters. The van der Waals surface area contributed by atoms with Gasteiger partial charge in [0, 0.05) is 12.1 Å². The number of para-hydroxylation sites is 1. The van der Waals surface area contributed by atoms with Crippen molar-refractivity contribution in [1.82, 2.24) is 5.32 Å². The molecule has 1 atom stereocenters. The highest BCUT2D eigenvalue weighted by Gasteiger charge is 2.39. The van der Waals surface area contributed by atoms with E-state index >= 15 is 0 Å². The van der Waals surface area contributed by atoms with Crippen molar-refractivity contribution in [3.8, 4) is 0 Å². The Morgan fingerprint density at radius 2 is 1.94 bits per heavy atom. The van der Waals surface area contributed by atoms with Crippen LogP contribution in [0.3, 0.4) is 0 Å². The highest BCUT2D eigenvalue weighted by atomic mass is 16.2. The summed E-state index contributed by atoms with van der Waals surface area (Å²) in [6.07, 6.45) is 1.00. The van der Waals surface area contributed by atoms with E-state index in [0.29, 0.717) is 12.8 Å². The molecule has 2 aliphatic heterocycles. The molecule has 1 saturated heterocycles. The minimum absolute atomic E-state index is 0.0781. The molecule has 2 heterocycles. The normalized spacial score (nSPS) is 23.0. The Labute approximate surface area is 104 Å². The second-order valence-corrected chi connectivity index (χ2v) is 4.54. The molecule has 92 valence electrons. The first kappa shape index (κ1) is 11.0. The van der Waals surface area contributed by atoms with Crippen molar-refractivity contribution in [3.63, 3.8) is 0 Å². The van der Waals surface area contributed by atoms with Crippen LogP contribution in [0.5, 0.6) is 0 Å². The third-order valence-corrected chi connectivity index (χ3v) is 3.38. The minimum atomic E-state index is -0.557. The van der Waals surface area contributed by atoms with Crippen LogP contribution in [-0.4, -0.2) is 23.8 Å². The second kappa shape index (κ2) is 3.94. The van der Waals surface area contributed by atoms with E-state index in [2.05, 4.69) is 5.32 Å². The number of fused-ring (bicyclic) bond motifs is 1. The molecule has 1 fully saturated rings. The second-order valence-electron chi connectivity index (χ2n) is 4.54. The smallest absolute Gasteiger partial charge is 0.249 e. The number of amides is 3. The van der Waals surface area contributed by atoms with Gasteiger partial charge in [0.25, 0.3) is 0 Å². The summed E-state index contributed by atoms with van der Waals surface area (Å²) in [7, 11) is 0. The van der Waals surface area contributed by atoms with Gasteiger partial charge >= 0.3 is 0 Å². The summed E-state index contributed by atoms with van der Waals surface area (Å²) in [5.41, 5.74) is 1.73. The van der Waals surface area contributed by atoms with Gasteiger partial charge < -0.3 is 0 Å². The van der Waals surface area contributed by atoms with Crippen molar-refractivity contribution in [2.24, 2.45) is 0 Å². The summed E-state index contributed by atoms with van der Waals surface area (Å²) in [5, 5.41) is 2.29. The van der Waals surface area contributed by atoms with Crippen molar-refractivity contribution in [1.29, 1.82) is 0 Å². The molecule has 2 aliphatic rings. The summed E-state index contributed by atoms with van der Waals surface area (Å²) in [5.74, 6) is -0.724. The van der Waals surface area contributed by atoms with Crippen LogP contribution >= 0.6 is 0 Å². The van der Waals surface area contributed by atoms with Crippen LogP contribution in [0.25, 0.3) is 0 Å². The zero-order chi connectivity index (χ0) is 12.7. The number of nitrogens with one attached hydrogen (secondary N) is 1. The van der Waals surface area contributed by atoms with Crippen LogP contribution in [0.4, 0.5) is 5.69 Å². The number of imide groups is 1. The highest BCUT2D eigenvalue weighted by Crippen LogP contribution is 2.32. The van der Waals surface area contributed by atoms with Gasteiger partial charge in [0.1, 0.15) is 6.04 Å². The molecule has 1 N–H and O–H groups in total. The number of carbonyl (C=O) groups is 3. The molecular formula is C13H12N2O3. The number of hydrogen-bond donors (Lipinski definition) is 1. The fourth-order valence-electron chi connectivity index (χ4n) is 2.55. The number of anilines is 1. The molecule has 1 aromatic carbocycles. The fourth-order valence-corrected chi connectivity index (χ4v) is 2.55. The third-order valence-electron chi connectivity index (χ3n) is 3.38. The zero-order valence-electron chi connectivity index (χ0n) is 9.68. The van der Waals surface area contributed by atoms with Gasteiger partial charge in [-0.3, -0.25) is 24.6 Å². The molecule has 3 amide bonds. The van der Waals surface area contributed by atoms with E-state index in [9.17, 15) is 14.4 Å². The van der Waals surface area contributed by atoms with Crippen LogP contribution in [0, 0.1) is 0 Å². The Kier molecular flexibility index (Phi) is 2.40. The fraction of sp³-hybridized carbons (Fsp3) is 0.308. The van der Waals surface area contributed by atoms with Crippen LogP contribution in [-0.2, 0) is 20.8 Å². The van der Waals surface area contributed by atoms with Gasteiger partial charge in [-0.25, -0.2) is 0 Å².